The Morgan fingerprint density at radius 3 is 2.21 bits per heavy atom. The Morgan fingerprint density at radius 1 is 0.909 bits per heavy atom. The molecular weight excluding hydrogens is 439 g/mol. The van der Waals surface area contributed by atoms with Gasteiger partial charge >= 0.3 is 6.18 Å². The van der Waals surface area contributed by atoms with Crippen LogP contribution in [0.1, 0.15) is 26.3 Å². The van der Waals surface area contributed by atoms with Gasteiger partial charge in [-0.3, -0.25) is 14.4 Å². The minimum Gasteiger partial charge on any atom is -0.383 e. The van der Waals surface area contributed by atoms with Crippen LogP contribution in [0.25, 0.3) is 0 Å². The second-order valence-electron chi connectivity index (χ2n) is 7.01. The van der Waals surface area contributed by atoms with Crippen LogP contribution in [-0.4, -0.2) is 30.1 Å². The van der Waals surface area contributed by atoms with Crippen LogP contribution in [-0.2, 0) is 17.5 Å². The number of carbonyl (C=O) groups excluding carboxylic acids is 2. The average molecular weight is 459 g/mol. The van der Waals surface area contributed by atoms with Gasteiger partial charge in [0.05, 0.1) is 17.7 Å². The summed E-state index contributed by atoms with van der Waals surface area (Å²) >= 11 is 0. The number of halogens is 3. The zero-order chi connectivity index (χ0) is 24.0. The van der Waals surface area contributed by atoms with E-state index < -0.39 is 23.6 Å². The van der Waals surface area contributed by atoms with Gasteiger partial charge in [-0.15, -0.1) is 0 Å². The highest BCUT2D eigenvalue weighted by molar-refractivity contribution is 6.07. The number of alkyl halides is 3. The Kier molecular flexibility index (Phi) is 7.29. The minimum absolute atomic E-state index is 0.0115. The topological polar surface area (TPSA) is 89.4 Å². The summed E-state index contributed by atoms with van der Waals surface area (Å²) in [5, 5.41) is 5.05. The number of rotatable bonds is 7. The predicted molar refractivity (Wildman–Crippen MR) is 116 cm³/mol. The summed E-state index contributed by atoms with van der Waals surface area (Å²) in [4.78, 5) is 37.0. The molecule has 10 heteroatoms. The normalized spacial score (nSPS) is 11.2. The highest BCUT2D eigenvalue weighted by Crippen LogP contribution is 2.30. The molecule has 0 unspecified atom stereocenters. The quantitative estimate of drug-likeness (QED) is 0.559. The molecule has 2 N–H and O–H groups in total. The van der Waals surface area contributed by atoms with Crippen LogP contribution in [0.3, 0.4) is 0 Å². The molecule has 0 atom stereocenters. The van der Waals surface area contributed by atoms with Gasteiger partial charge in [0.15, 0.2) is 0 Å². The van der Waals surface area contributed by atoms with Crippen molar-refractivity contribution in [1.29, 1.82) is 0 Å². The van der Waals surface area contributed by atoms with Crippen LogP contribution in [0.15, 0.2) is 71.7 Å². The molecule has 0 saturated carbocycles. The number of amides is 2. The van der Waals surface area contributed by atoms with Crippen molar-refractivity contribution in [3.05, 3.63) is 93.9 Å². The summed E-state index contributed by atoms with van der Waals surface area (Å²) in [6.07, 6.45) is -3.13. The van der Waals surface area contributed by atoms with E-state index >= 15 is 0 Å². The van der Waals surface area contributed by atoms with Crippen LogP contribution in [0, 0.1) is 0 Å². The molecule has 0 aliphatic heterocycles. The van der Waals surface area contributed by atoms with Crippen molar-refractivity contribution >= 4 is 23.2 Å². The largest absolute Gasteiger partial charge is 0.416 e. The summed E-state index contributed by atoms with van der Waals surface area (Å²) in [6, 6.07) is 12.9. The first-order valence-corrected chi connectivity index (χ1v) is 9.77. The van der Waals surface area contributed by atoms with Crippen molar-refractivity contribution < 1.29 is 27.5 Å². The Bertz CT molecular complexity index is 1220. The number of hydrogen-bond donors (Lipinski definition) is 2. The molecule has 0 bridgehead atoms. The molecule has 172 valence electrons. The molecule has 2 aromatic carbocycles. The second-order valence-corrected chi connectivity index (χ2v) is 7.01. The monoisotopic (exact) mass is 459 g/mol. The number of nitrogens with one attached hydrogen (secondary N) is 2. The third-order valence-electron chi connectivity index (χ3n) is 4.61. The van der Waals surface area contributed by atoms with Gasteiger partial charge in [0, 0.05) is 42.9 Å². The highest BCUT2D eigenvalue weighted by Gasteiger charge is 2.30. The smallest absolute Gasteiger partial charge is 0.383 e. The van der Waals surface area contributed by atoms with Crippen molar-refractivity contribution in [2.45, 2.75) is 12.7 Å². The molecule has 3 rings (SSSR count). The molecule has 0 spiro atoms. The van der Waals surface area contributed by atoms with E-state index in [9.17, 15) is 27.6 Å². The maximum absolute atomic E-state index is 12.9. The van der Waals surface area contributed by atoms with E-state index in [4.69, 9.17) is 4.74 Å². The van der Waals surface area contributed by atoms with E-state index in [-0.39, 0.29) is 28.9 Å². The van der Waals surface area contributed by atoms with Gasteiger partial charge in [-0.25, -0.2) is 0 Å². The van der Waals surface area contributed by atoms with E-state index in [0.717, 1.165) is 12.1 Å². The number of aromatic nitrogens is 1. The molecule has 0 aliphatic carbocycles. The lowest BCUT2D eigenvalue weighted by molar-refractivity contribution is -0.137. The van der Waals surface area contributed by atoms with Gasteiger partial charge in [0.1, 0.15) is 0 Å². The number of pyridine rings is 1. The predicted octanol–water partition coefficient (Wildman–Crippen LogP) is 4.02. The van der Waals surface area contributed by atoms with Crippen molar-refractivity contribution in [1.82, 2.24) is 4.57 Å². The summed E-state index contributed by atoms with van der Waals surface area (Å²) in [5.74, 6) is -1.14. The Labute approximate surface area is 186 Å². The maximum Gasteiger partial charge on any atom is 0.416 e. The maximum atomic E-state index is 12.9. The van der Waals surface area contributed by atoms with E-state index in [1.165, 1.54) is 60.3 Å². The molecule has 33 heavy (non-hydrogen) atoms. The number of ether oxygens (including phenoxy) is 1. The second kappa shape index (κ2) is 10.1. The van der Waals surface area contributed by atoms with E-state index in [0.29, 0.717) is 12.3 Å². The van der Waals surface area contributed by atoms with Gasteiger partial charge in [-0.05, 0) is 42.5 Å². The van der Waals surface area contributed by atoms with E-state index in [2.05, 4.69) is 10.6 Å². The van der Waals surface area contributed by atoms with Crippen LogP contribution in [0.5, 0.6) is 0 Å². The lowest BCUT2D eigenvalue weighted by Crippen LogP contribution is -2.23. The SMILES string of the molecule is COCCn1cc(C(=O)Nc2cccc(C(=O)Nc3cccc(C(F)(F)F)c3)c2)ccc1=O. The first-order chi connectivity index (χ1) is 15.7. The van der Waals surface area contributed by atoms with Gasteiger partial charge in [0.2, 0.25) is 0 Å². The number of benzene rings is 2. The summed E-state index contributed by atoms with van der Waals surface area (Å²) in [7, 11) is 1.50. The molecule has 1 heterocycles. The number of hydrogen-bond acceptors (Lipinski definition) is 4. The fourth-order valence-corrected chi connectivity index (χ4v) is 2.95. The van der Waals surface area contributed by atoms with E-state index in [1.807, 2.05) is 0 Å². The number of nitrogens with zero attached hydrogens (tertiary/aromatic N) is 1. The number of carbonyl (C=O) groups is 2. The Morgan fingerprint density at radius 2 is 1.55 bits per heavy atom. The Hall–Kier alpha value is -3.92. The molecule has 0 saturated heterocycles. The van der Waals surface area contributed by atoms with Crippen molar-refractivity contribution in [3.63, 3.8) is 0 Å². The van der Waals surface area contributed by atoms with Gasteiger partial charge < -0.3 is 19.9 Å². The molecular formula is C23H20F3N3O4. The molecule has 2 amide bonds. The zero-order valence-corrected chi connectivity index (χ0v) is 17.5. The van der Waals surface area contributed by atoms with Crippen LogP contribution in [0.4, 0.5) is 24.5 Å². The van der Waals surface area contributed by atoms with Crippen molar-refractivity contribution in [2.75, 3.05) is 24.4 Å². The summed E-state index contributed by atoms with van der Waals surface area (Å²) < 4.78 is 44.9. The average Bonchev–Trinajstić information content (AvgIpc) is 2.78. The molecule has 7 nitrogen and oxygen atoms in total. The fourth-order valence-electron chi connectivity index (χ4n) is 2.95. The number of methoxy groups -OCH3 is 1. The molecule has 3 aromatic rings. The highest BCUT2D eigenvalue weighted by atomic mass is 19.4. The van der Waals surface area contributed by atoms with Gasteiger partial charge in [-0.1, -0.05) is 12.1 Å². The molecule has 0 fully saturated rings. The molecule has 0 aliphatic rings. The van der Waals surface area contributed by atoms with Gasteiger partial charge in [0.25, 0.3) is 17.4 Å². The lowest BCUT2D eigenvalue weighted by Gasteiger charge is -2.11. The fraction of sp³-hybridized carbons (Fsp3) is 0.174. The van der Waals surface area contributed by atoms with Crippen molar-refractivity contribution in [3.8, 4) is 0 Å². The number of anilines is 2. The van der Waals surface area contributed by atoms with E-state index in [1.54, 1.807) is 6.07 Å². The zero-order valence-electron chi connectivity index (χ0n) is 17.5. The van der Waals surface area contributed by atoms with Crippen molar-refractivity contribution in [2.24, 2.45) is 0 Å². The standard InChI is InChI=1S/C23H20F3N3O4/c1-33-11-10-29-14-16(8-9-20(29)30)22(32)27-18-6-2-4-15(12-18)21(31)28-19-7-3-5-17(13-19)23(24,25)26/h2-9,12-14H,10-11H2,1H3,(H,27,32)(H,28,31). The minimum atomic E-state index is -4.53. The molecule has 0 radical (unpaired) electrons. The van der Waals surface area contributed by atoms with Crippen LogP contribution >= 0.6 is 0 Å². The third kappa shape index (κ3) is 6.30. The van der Waals surface area contributed by atoms with Crippen LogP contribution in [0.2, 0.25) is 0 Å². The molecule has 1 aromatic heterocycles. The first-order valence-electron chi connectivity index (χ1n) is 9.77. The Balaban J connectivity index is 1.73. The van der Waals surface area contributed by atoms with Gasteiger partial charge in [-0.2, -0.15) is 13.2 Å². The lowest BCUT2D eigenvalue weighted by atomic mass is 10.1. The first kappa shape index (κ1) is 23.7. The summed E-state index contributed by atoms with van der Waals surface area (Å²) in [5.41, 5.74) is -0.515. The van der Waals surface area contributed by atoms with Crippen LogP contribution < -0.4 is 16.2 Å². The summed E-state index contributed by atoms with van der Waals surface area (Å²) in [6.45, 7) is 0.579. The third-order valence-corrected chi connectivity index (χ3v) is 4.61.